The fraction of sp³-hybridized carbons (Fsp3) is 0.421. The number of nitrogens with zero attached hydrogens (tertiary/aromatic N) is 4. The number of hydrogen-bond donors (Lipinski definition) is 1. The van der Waals surface area contributed by atoms with Crippen molar-refractivity contribution in [3.63, 3.8) is 0 Å². The number of carbonyl (C=O) groups is 1. The molecule has 0 saturated heterocycles. The highest BCUT2D eigenvalue weighted by molar-refractivity contribution is 5.75. The largest absolute Gasteiger partial charge is 0.350 e. The number of hydrogen-bond acceptors (Lipinski definition) is 4. The molecule has 25 heavy (non-hydrogen) atoms. The normalized spacial score (nSPS) is 14.2. The summed E-state index contributed by atoms with van der Waals surface area (Å²) in [6, 6.07) is 8.19. The minimum absolute atomic E-state index is 0.0234. The van der Waals surface area contributed by atoms with Gasteiger partial charge in [-0.1, -0.05) is 12.1 Å². The average molecular weight is 339 g/mol. The zero-order chi connectivity index (χ0) is 17.8. The Kier molecular flexibility index (Phi) is 5.16. The van der Waals surface area contributed by atoms with E-state index < -0.39 is 0 Å². The van der Waals surface area contributed by atoms with E-state index in [1.165, 1.54) is 0 Å². The smallest absolute Gasteiger partial charge is 0.317 e. The Morgan fingerprint density at radius 1 is 1.28 bits per heavy atom. The lowest BCUT2D eigenvalue weighted by molar-refractivity contribution is 0.195. The van der Waals surface area contributed by atoms with Crippen LogP contribution in [0.2, 0.25) is 0 Å². The molecule has 1 aliphatic rings. The second-order valence-corrected chi connectivity index (χ2v) is 6.74. The standard InChI is InChI=1S/C19H25N5O/c1-14(2)21-19(25)24-10-9-23(12-16-5-4-8-20-11-16)18-17(13-24)7-6-15(3)22-18/h4-8,11,14H,9-10,12-13H2,1-3H3,(H,21,25). The lowest BCUT2D eigenvalue weighted by Crippen LogP contribution is -2.44. The molecule has 132 valence electrons. The van der Waals surface area contributed by atoms with Gasteiger partial charge in [0.2, 0.25) is 0 Å². The highest BCUT2D eigenvalue weighted by Gasteiger charge is 2.24. The third-order valence-corrected chi connectivity index (χ3v) is 4.19. The predicted molar refractivity (Wildman–Crippen MR) is 98.3 cm³/mol. The molecule has 0 radical (unpaired) electrons. The molecule has 6 heteroatoms. The highest BCUT2D eigenvalue weighted by Crippen LogP contribution is 2.25. The van der Waals surface area contributed by atoms with Crippen molar-refractivity contribution in [1.29, 1.82) is 0 Å². The SMILES string of the molecule is Cc1ccc2c(n1)N(Cc1cccnc1)CCN(C(=O)NC(C)C)C2. The van der Waals surface area contributed by atoms with Crippen molar-refractivity contribution in [2.45, 2.75) is 39.9 Å². The summed E-state index contributed by atoms with van der Waals surface area (Å²) in [7, 11) is 0. The topological polar surface area (TPSA) is 61.4 Å². The van der Waals surface area contributed by atoms with Crippen LogP contribution < -0.4 is 10.2 Å². The van der Waals surface area contributed by atoms with Crippen molar-refractivity contribution in [2.75, 3.05) is 18.0 Å². The lowest BCUT2D eigenvalue weighted by atomic mass is 10.2. The molecule has 3 rings (SSSR count). The second kappa shape index (κ2) is 7.51. The maximum atomic E-state index is 12.5. The highest BCUT2D eigenvalue weighted by atomic mass is 16.2. The maximum absolute atomic E-state index is 12.5. The van der Waals surface area contributed by atoms with Crippen molar-refractivity contribution < 1.29 is 4.79 Å². The Morgan fingerprint density at radius 3 is 2.84 bits per heavy atom. The minimum atomic E-state index is -0.0234. The van der Waals surface area contributed by atoms with Gasteiger partial charge in [-0.3, -0.25) is 4.98 Å². The van der Waals surface area contributed by atoms with Crippen LogP contribution in [0.4, 0.5) is 10.6 Å². The van der Waals surface area contributed by atoms with Gasteiger partial charge in [0.25, 0.3) is 0 Å². The summed E-state index contributed by atoms with van der Waals surface area (Å²) in [6.45, 7) is 8.66. The van der Waals surface area contributed by atoms with E-state index in [9.17, 15) is 4.79 Å². The van der Waals surface area contributed by atoms with Gasteiger partial charge in [0, 0.05) is 49.3 Å². The zero-order valence-electron chi connectivity index (χ0n) is 15.1. The molecule has 0 fully saturated rings. The first kappa shape index (κ1) is 17.2. The number of nitrogens with one attached hydrogen (secondary N) is 1. The van der Waals surface area contributed by atoms with Crippen LogP contribution in [0.15, 0.2) is 36.7 Å². The number of fused-ring (bicyclic) bond motifs is 1. The van der Waals surface area contributed by atoms with Crippen LogP contribution in [0.25, 0.3) is 0 Å². The summed E-state index contributed by atoms with van der Waals surface area (Å²) in [4.78, 5) is 25.5. The molecule has 2 amide bonds. The van der Waals surface area contributed by atoms with Crippen LogP contribution in [0.1, 0.15) is 30.7 Å². The molecule has 0 unspecified atom stereocenters. The molecule has 2 aromatic rings. The lowest BCUT2D eigenvalue weighted by Gasteiger charge is -2.24. The number of pyridine rings is 2. The van der Waals surface area contributed by atoms with Gasteiger partial charge in [-0.05, 0) is 38.5 Å². The molecule has 2 aromatic heterocycles. The molecule has 0 bridgehead atoms. The average Bonchev–Trinajstić information content (AvgIpc) is 2.75. The van der Waals surface area contributed by atoms with Gasteiger partial charge in [-0.25, -0.2) is 9.78 Å². The molecule has 0 aromatic carbocycles. The van der Waals surface area contributed by atoms with E-state index in [-0.39, 0.29) is 12.1 Å². The molecular formula is C19H25N5O. The van der Waals surface area contributed by atoms with E-state index in [2.05, 4.69) is 27.3 Å². The van der Waals surface area contributed by atoms with Gasteiger partial charge < -0.3 is 15.1 Å². The second-order valence-electron chi connectivity index (χ2n) is 6.74. The molecule has 0 aliphatic carbocycles. The third-order valence-electron chi connectivity index (χ3n) is 4.19. The Morgan fingerprint density at radius 2 is 2.12 bits per heavy atom. The van der Waals surface area contributed by atoms with Gasteiger partial charge in [0.15, 0.2) is 0 Å². The van der Waals surface area contributed by atoms with E-state index in [4.69, 9.17) is 4.98 Å². The summed E-state index contributed by atoms with van der Waals surface area (Å²) in [6.07, 6.45) is 3.66. The van der Waals surface area contributed by atoms with Crippen molar-refractivity contribution in [1.82, 2.24) is 20.2 Å². The van der Waals surface area contributed by atoms with Gasteiger partial charge in [-0.15, -0.1) is 0 Å². The van der Waals surface area contributed by atoms with Crippen LogP contribution in [-0.4, -0.2) is 40.0 Å². The summed E-state index contributed by atoms with van der Waals surface area (Å²) in [5.41, 5.74) is 3.19. The first-order valence-electron chi connectivity index (χ1n) is 8.69. The number of anilines is 1. The fourth-order valence-corrected chi connectivity index (χ4v) is 2.98. The van der Waals surface area contributed by atoms with E-state index in [0.29, 0.717) is 13.1 Å². The zero-order valence-corrected chi connectivity index (χ0v) is 15.1. The van der Waals surface area contributed by atoms with Crippen LogP contribution in [-0.2, 0) is 13.1 Å². The molecule has 1 N–H and O–H groups in total. The molecule has 0 atom stereocenters. The number of amides is 2. The first-order valence-corrected chi connectivity index (χ1v) is 8.69. The van der Waals surface area contributed by atoms with E-state index >= 15 is 0 Å². The van der Waals surface area contributed by atoms with E-state index in [1.54, 1.807) is 6.20 Å². The first-order chi connectivity index (χ1) is 12.0. The van der Waals surface area contributed by atoms with Crippen LogP contribution in [0, 0.1) is 6.92 Å². The van der Waals surface area contributed by atoms with E-state index in [1.807, 2.05) is 44.0 Å². The maximum Gasteiger partial charge on any atom is 0.317 e. The van der Waals surface area contributed by atoms with Gasteiger partial charge in [-0.2, -0.15) is 0 Å². The number of aryl methyl sites for hydroxylation is 1. The molecule has 6 nitrogen and oxygen atoms in total. The number of rotatable bonds is 3. The summed E-state index contributed by atoms with van der Waals surface area (Å²) >= 11 is 0. The van der Waals surface area contributed by atoms with Crippen molar-refractivity contribution in [3.05, 3.63) is 53.5 Å². The third kappa shape index (κ3) is 4.26. The Bertz CT molecular complexity index is 732. The number of aromatic nitrogens is 2. The minimum Gasteiger partial charge on any atom is -0.350 e. The van der Waals surface area contributed by atoms with Crippen LogP contribution >= 0.6 is 0 Å². The molecule has 1 aliphatic heterocycles. The summed E-state index contributed by atoms with van der Waals surface area (Å²) in [5, 5.41) is 2.99. The fourth-order valence-electron chi connectivity index (χ4n) is 2.98. The van der Waals surface area contributed by atoms with Crippen LogP contribution in [0.5, 0.6) is 0 Å². The molecular weight excluding hydrogens is 314 g/mol. The predicted octanol–water partition coefficient (Wildman–Crippen LogP) is 2.73. The van der Waals surface area contributed by atoms with E-state index in [0.717, 1.165) is 35.7 Å². The van der Waals surface area contributed by atoms with Crippen molar-refractivity contribution in [2.24, 2.45) is 0 Å². The van der Waals surface area contributed by atoms with Crippen molar-refractivity contribution >= 4 is 11.8 Å². The number of urea groups is 1. The Balaban J connectivity index is 1.86. The van der Waals surface area contributed by atoms with Gasteiger partial charge >= 0.3 is 6.03 Å². The summed E-state index contributed by atoms with van der Waals surface area (Å²) < 4.78 is 0. The molecule has 0 saturated carbocycles. The monoisotopic (exact) mass is 339 g/mol. The quantitative estimate of drug-likeness (QED) is 0.934. The summed E-state index contributed by atoms with van der Waals surface area (Å²) in [5.74, 6) is 0.962. The van der Waals surface area contributed by atoms with Crippen LogP contribution in [0.3, 0.4) is 0 Å². The Labute approximate surface area is 148 Å². The van der Waals surface area contributed by atoms with Crippen molar-refractivity contribution in [3.8, 4) is 0 Å². The Hall–Kier alpha value is -2.63. The molecule has 0 spiro atoms. The molecule has 3 heterocycles. The van der Waals surface area contributed by atoms with Gasteiger partial charge in [0.05, 0.1) is 6.54 Å². The van der Waals surface area contributed by atoms with Gasteiger partial charge in [0.1, 0.15) is 5.82 Å². The number of carbonyl (C=O) groups excluding carboxylic acids is 1.